The Balaban J connectivity index is 1.88. The van der Waals surface area contributed by atoms with Crippen molar-refractivity contribution in [2.24, 2.45) is 5.73 Å². The SMILES string of the molecule is NC1CC2CCC(C1)N2C(=O)c1ccncc1Cl. The first-order valence-electron chi connectivity index (χ1n) is 6.34. The molecule has 5 heteroatoms. The molecule has 2 unspecified atom stereocenters. The number of carbonyl (C=O) groups is 1. The molecular weight excluding hydrogens is 250 g/mol. The highest BCUT2D eigenvalue weighted by atomic mass is 35.5. The Bertz CT molecular complexity index is 465. The molecule has 0 radical (unpaired) electrons. The van der Waals surface area contributed by atoms with Crippen LogP contribution in [-0.2, 0) is 0 Å². The number of hydrogen-bond donors (Lipinski definition) is 1. The van der Waals surface area contributed by atoms with Crippen LogP contribution in [0.15, 0.2) is 18.5 Å². The van der Waals surface area contributed by atoms with Crippen molar-refractivity contribution in [3.63, 3.8) is 0 Å². The van der Waals surface area contributed by atoms with Crippen molar-refractivity contribution in [2.45, 2.75) is 43.8 Å². The van der Waals surface area contributed by atoms with E-state index in [9.17, 15) is 4.79 Å². The lowest BCUT2D eigenvalue weighted by Crippen LogP contribution is -2.50. The van der Waals surface area contributed by atoms with E-state index in [-0.39, 0.29) is 24.0 Å². The van der Waals surface area contributed by atoms with Gasteiger partial charge in [0.05, 0.1) is 10.6 Å². The lowest BCUT2D eigenvalue weighted by Gasteiger charge is -2.37. The zero-order valence-electron chi connectivity index (χ0n) is 10.1. The van der Waals surface area contributed by atoms with Crippen LogP contribution < -0.4 is 5.73 Å². The number of nitrogens with zero attached hydrogens (tertiary/aromatic N) is 2. The van der Waals surface area contributed by atoms with Gasteiger partial charge in [-0.05, 0) is 31.7 Å². The molecule has 2 bridgehead atoms. The summed E-state index contributed by atoms with van der Waals surface area (Å²) < 4.78 is 0. The molecule has 3 rings (SSSR count). The van der Waals surface area contributed by atoms with E-state index in [0.29, 0.717) is 10.6 Å². The topological polar surface area (TPSA) is 59.2 Å². The van der Waals surface area contributed by atoms with Gasteiger partial charge in [0, 0.05) is 30.5 Å². The number of pyridine rings is 1. The second-order valence-electron chi connectivity index (χ2n) is 5.18. The smallest absolute Gasteiger partial charge is 0.255 e. The van der Waals surface area contributed by atoms with Crippen LogP contribution in [0.3, 0.4) is 0 Å². The molecule has 1 amide bonds. The predicted molar refractivity (Wildman–Crippen MR) is 69.4 cm³/mol. The summed E-state index contributed by atoms with van der Waals surface area (Å²) >= 11 is 6.05. The Labute approximate surface area is 111 Å². The Morgan fingerprint density at radius 3 is 2.67 bits per heavy atom. The molecule has 0 aromatic carbocycles. The minimum Gasteiger partial charge on any atom is -0.333 e. The molecule has 2 fully saturated rings. The van der Waals surface area contributed by atoms with Gasteiger partial charge in [-0.1, -0.05) is 11.6 Å². The molecule has 4 nitrogen and oxygen atoms in total. The summed E-state index contributed by atoms with van der Waals surface area (Å²) in [6, 6.07) is 2.50. The highest BCUT2D eigenvalue weighted by molar-refractivity contribution is 6.33. The number of amides is 1. The van der Waals surface area contributed by atoms with Crippen LogP contribution >= 0.6 is 11.6 Å². The van der Waals surface area contributed by atoms with Crippen molar-refractivity contribution in [3.05, 3.63) is 29.0 Å². The highest BCUT2D eigenvalue weighted by Gasteiger charge is 2.42. The van der Waals surface area contributed by atoms with Crippen LogP contribution in [0.2, 0.25) is 5.02 Å². The fourth-order valence-electron chi connectivity index (χ4n) is 3.24. The van der Waals surface area contributed by atoms with Crippen LogP contribution in [-0.4, -0.2) is 33.9 Å². The maximum absolute atomic E-state index is 12.6. The summed E-state index contributed by atoms with van der Waals surface area (Å²) in [7, 11) is 0. The van der Waals surface area contributed by atoms with Gasteiger partial charge in [-0.3, -0.25) is 9.78 Å². The molecule has 0 saturated carbocycles. The molecule has 2 aliphatic heterocycles. The van der Waals surface area contributed by atoms with Crippen molar-refractivity contribution in [3.8, 4) is 0 Å². The van der Waals surface area contributed by atoms with Gasteiger partial charge >= 0.3 is 0 Å². The lowest BCUT2D eigenvalue weighted by atomic mass is 9.97. The van der Waals surface area contributed by atoms with Gasteiger partial charge in [0.1, 0.15) is 0 Å². The largest absolute Gasteiger partial charge is 0.333 e. The number of rotatable bonds is 1. The van der Waals surface area contributed by atoms with E-state index < -0.39 is 0 Å². The van der Waals surface area contributed by atoms with Gasteiger partial charge < -0.3 is 10.6 Å². The number of aromatic nitrogens is 1. The molecule has 1 aromatic rings. The fraction of sp³-hybridized carbons (Fsp3) is 0.538. The Morgan fingerprint density at radius 2 is 2.06 bits per heavy atom. The zero-order chi connectivity index (χ0) is 12.7. The maximum atomic E-state index is 12.6. The monoisotopic (exact) mass is 265 g/mol. The molecule has 3 heterocycles. The van der Waals surface area contributed by atoms with Crippen molar-refractivity contribution in [1.29, 1.82) is 0 Å². The highest BCUT2D eigenvalue weighted by Crippen LogP contribution is 2.36. The standard InChI is InChI=1S/C13H16ClN3O/c14-12-7-16-4-3-11(12)13(18)17-9-1-2-10(17)6-8(15)5-9/h3-4,7-10H,1-2,5-6,15H2. The second-order valence-corrected chi connectivity index (χ2v) is 5.59. The molecule has 1 aromatic heterocycles. The van der Waals surface area contributed by atoms with Crippen LogP contribution in [0.5, 0.6) is 0 Å². The van der Waals surface area contributed by atoms with Gasteiger partial charge in [0.15, 0.2) is 0 Å². The number of fused-ring (bicyclic) bond motifs is 2. The van der Waals surface area contributed by atoms with E-state index in [1.54, 1.807) is 12.3 Å². The summed E-state index contributed by atoms with van der Waals surface area (Å²) in [5, 5.41) is 0.428. The quantitative estimate of drug-likeness (QED) is 0.843. The number of halogens is 1. The number of hydrogen-bond acceptors (Lipinski definition) is 3. The minimum atomic E-state index is 0.0294. The second kappa shape index (κ2) is 4.52. The number of carbonyl (C=O) groups excluding carboxylic acids is 1. The van der Waals surface area contributed by atoms with Crippen LogP contribution in [0.4, 0.5) is 0 Å². The summed E-state index contributed by atoms with van der Waals surface area (Å²) in [5.41, 5.74) is 6.57. The first-order chi connectivity index (χ1) is 8.66. The first kappa shape index (κ1) is 11.9. The van der Waals surface area contributed by atoms with E-state index in [1.165, 1.54) is 6.20 Å². The molecule has 96 valence electrons. The van der Waals surface area contributed by atoms with E-state index >= 15 is 0 Å². The number of piperidine rings is 1. The summed E-state index contributed by atoms with van der Waals surface area (Å²) in [6.07, 6.45) is 7.07. The van der Waals surface area contributed by atoms with E-state index in [2.05, 4.69) is 4.98 Å². The van der Waals surface area contributed by atoms with Crippen LogP contribution in [0, 0.1) is 0 Å². The third kappa shape index (κ3) is 1.89. The molecule has 2 aliphatic rings. The Morgan fingerprint density at radius 1 is 1.39 bits per heavy atom. The molecule has 2 saturated heterocycles. The third-order valence-electron chi connectivity index (χ3n) is 4.01. The lowest BCUT2D eigenvalue weighted by molar-refractivity contribution is 0.0575. The average molecular weight is 266 g/mol. The maximum Gasteiger partial charge on any atom is 0.255 e. The average Bonchev–Trinajstić information content (AvgIpc) is 2.61. The van der Waals surface area contributed by atoms with Crippen LogP contribution in [0.1, 0.15) is 36.0 Å². The van der Waals surface area contributed by atoms with E-state index in [1.807, 2.05) is 4.90 Å². The number of nitrogens with two attached hydrogens (primary N) is 1. The first-order valence-corrected chi connectivity index (χ1v) is 6.72. The van der Waals surface area contributed by atoms with E-state index in [4.69, 9.17) is 17.3 Å². The molecule has 0 aliphatic carbocycles. The van der Waals surface area contributed by atoms with E-state index in [0.717, 1.165) is 25.7 Å². The summed E-state index contributed by atoms with van der Waals surface area (Å²) in [4.78, 5) is 18.5. The normalized spacial score (nSPS) is 30.6. The van der Waals surface area contributed by atoms with Gasteiger partial charge in [-0.2, -0.15) is 0 Å². The van der Waals surface area contributed by atoms with Crippen molar-refractivity contribution in [1.82, 2.24) is 9.88 Å². The molecule has 18 heavy (non-hydrogen) atoms. The molecule has 2 N–H and O–H groups in total. The van der Waals surface area contributed by atoms with Crippen LogP contribution in [0.25, 0.3) is 0 Å². The van der Waals surface area contributed by atoms with Gasteiger partial charge in [0.25, 0.3) is 5.91 Å². The summed E-state index contributed by atoms with van der Waals surface area (Å²) in [6.45, 7) is 0. The Kier molecular flexibility index (Phi) is 2.99. The zero-order valence-corrected chi connectivity index (χ0v) is 10.8. The Hall–Kier alpha value is -1.13. The van der Waals surface area contributed by atoms with Crippen molar-refractivity contribution < 1.29 is 4.79 Å². The van der Waals surface area contributed by atoms with Gasteiger partial charge in [-0.25, -0.2) is 0 Å². The van der Waals surface area contributed by atoms with Gasteiger partial charge in [-0.15, -0.1) is 0 Å². The molecule has 0 spiro atoms. The fourth-order valence-corrected chi connectivity index (χ4v) is 3.44. The predicted octanol–water partition coefficient (Wildman–Crippen LogP) is 1.83. The van der Waals surface area contributed by atoms with Crippen molar-refractivity contribution in [2.75, 3.05) is 0 Å². The van der Waals surface area contributed by atoms with Crippen molar-refractivity contribution >= 4 is 17.5 Å². The molecular formula is C13H16ClN3O. The molecule has 2 atom stereocenters. The van der Waals surface area contributed by atoms with Gasteiger partial charge in [0.2, 0.25) is 0 Å². The summed E-state index contributed by atoms with van der Waals surface area (Å²) in [5.74, 6) is 0.0294. The minimum absolute atomic E-state index is 0.0294. The third-order valence-corrected chi connectivity index (χ3v) is 4.31.